The zero-order chi connectivity index (χ0) is 10.7. The molecule has 0 aliphatic carbocycles. The molecule has 0 spiro atoms. The molecule has 4 heteroatoms. The summed E-state index contributed by atoms with van der Waals surface area (Å²) in [6.07, 6.45) is 0. The van der Waals surface area contributed by atoms with Crippen molar-refractivity contribution in [3.63, 3.8) is 0 Å². The third-order valence-corrected chi connectivity index (χ3v) is 4.05. The minimum atomic E-state index is -3.45. The maximum absolute atomic E-state index is 12.1. The Hall–Kier alpha value is -0.708. The quantitative estimate of drug-likeness (QED) is 0.519. The molecule has 0 heterocycles. The van der Waals surface area contributed by atoms with Crippen molar-refractivity contribution in [1.29, 1.82) is 0 Å². The van der Waals surface area contributed by atoms with E-state index in [4.69, 9.17) is 0 Å². The van der Waals surface area contributed by atoms with Crippen LogP contribution >= 0.6 is 7.37 Å². The number of rotatable bonds is 2. The standard InChI is InChI=1S/C12H10O2P.Pd/c13-15(14,11-7-3-1-4-8-11)12-9-5-2-6-10-12;/h1-9H,(H,13,14);/q-1;. The van der Waals surface area contributed by atoms with E-state index in [0.717, 1.165) is 0 Å². The van der Waals surface area contributed by atoms with Crippen LogP contribution in [-0.4, -0.2) is 4.89 Å². The van der Waals surface area contributed by atoms with E-state index < -0.39 is 7.37 Å². The van der Waals surface area contributed by atoms with Crippen LogP contribution in [0.2, 0.25) is 0 Å². The van der Waals surface area contributed by atoms with Crippen molar-refractivity contribution in [1.82, 2.24) is 0 Å². The first kappa shape index (κ1) is 13.4. The molecule has 2 aromatic rings. The van der Waals surface area contributed by atoms with E-state index in [1.165, 1.54) is 0 Å². The third kappa shape index (κ3) is 2.70. The van der Waals surface area contributed by atoms with Crippen LogP contribution in [0.1, 0.15) is 0 Å². The van der Waals surface area contributed by atoms with E-state index in [9.17, 15) is 9.46 Å². The average Bonchev–Trinajstić information content (AvgIpc) is 2.31. The van der Waals surface area contributed by atoms with Crippen molar-refractivity contribution in [3.8, 4) is 0 Å². The van der Waals surface area contributed by atoms with Crippen molar-refractivity contribution in [2.75, 3.05) is 0 Å². The predicted octanol–water partition coefficient (Wildman–Crippen LogP) is 1.71. The summed E-state index contributed by atoms with van der Waals surface area (Å²) in [7, 11) is -3.45. The van der Waals surface area contributed by atoms with E-state index in [0.29, 0.717) is 10.6 Å². The second-order valence-electron chi connectivity index (χ2n) is 3.16. The Labute approximate surface area is 108 Å². The van der Waals surface area contributed by atoms with Crippen LogP contribution in [0.5, 0.6) is 0 Å². The summed E-state index contributed by atoms with van der Waals surface area (Å²) in [6, 6.07) is 18.2. The minimum absolute atomic E-state index is 0. The van der Waals surface area contributed by atoms with Crippen LogP contribution in [0, 0.1) is 6.07 Å². The van der Waals surface area contributed by atoms with E-state index in [2.05, 4.69) is 6.07 Å². The maximum atomic E-state index is 12.1. The first-order valence-corrected chi connectivity index (χ1v) is 6.23. The Balaban J connectivity index is 0.00000128. The molecule has 2 rings (SSSR count). The van der Waals surface area contributed by atoms with Gasteiger partial charge in [-0.1, -0.05) is 23.5 Å². The molecular weight excluding hydrogens is 314 g/mol. The van der Waals surface area contributed by atoms with Crippen molar-refractivity contribution in [2.24, 2.45) is 0 Å². The van der Waals surface area contributed by atoms with Gasteiger partial charge in [0.25, 0.3) is 0 Å². The number of hydrogen-bond donors (Lipinski definition) is 1. The molecule has 2 nitrogen and oxygen atoms in total. The van der Waals surface area contributed by atoms with Gasteiger partial charge in [-0.25, -0.2) is 0 Å². The fourth-order valence-corrected chi connectivity index (χ4v) is 2.73. The van der Waals surface area contributed by atoms with Gasteiger partial charge in [0.1, 0.15) is 0 Å². The third-order valence-electron chi connectivity index (χ3n) is 2.13. The van der Waals surface area contributed by atoms with Crippen molar-refractivity contribution in [3.05, 3.63) is 60.7 Å². The van der Waals surface area contributed by atoms with Crippen LogP contribution < -0.4 is 10.6 Å². The molecule has 1 unspecified atom stereocenters. The molecule has 0 saturated carbocycles. The Morgan fingerprint density at radius 2 is 1.62 bits per heavy atom. The van der Waals surface area contributed by atoms with Gasteiger partial charge in [0.15, 0.2) is 0 Å². The summed E-state index contributed by atoms with van der Waals surface area (Å²) in [5, 5.41) is 0.781. The first-order valence-electron chi connectivity index (χ1n) is 4.57. The van der Waals surface area contributed by atoms with Crippen LogP contribution in [0.15, 0.2) is 54.6 Å². The van der Waals surface area contributed by atoms with Gasteiger partial charge in [0, 0.05) is 25.7 Å². The molecule has 0 amide bonds. The summed E-state index contributed by atoms with van der Waals surface area (Å²) in [6.45, 7) is 0. The Morgan fingerprint density at radius 1 is 1.00 bits per heavy atom. The normalized spacial score (nSPS) is 13.6. The second kappa shape index (κ2) is 5.57. The van der Waals surface area contributed by atoms with Crippen molar-refractivity contribution >= 4 is 18.0 Å². The van der Waals surface area contributed by atoms with Gasteiger partial charge in [-0.2, -0.15) is 30.3 Å². The monoisotopic (exact) mass is 323 g/mol. The molecule has 0 fully saturated rings. The molecule has 86 valence electrons. The zero-order valence-electron chi connectivity index (χ0n) is 8.32. The molecule has 16 heavy (non-hydrogen) atoms. The summed E-state index contributed by atoms with van der Waals surface area (Å²) < 4.78 is 12.1. The summed E-state index contributed by atoms with van der Waals surface area (Å²) in [4.78, 5) is 9.98. The van der Waals surface area contributed by atoms with Crippen LogP contribution in [0.25, 0.3) is 0 Å². The molecule has 0 bridgehead atoms. The number of hydrogen-bond acceptors (Lipinski definition) is 1. The van der Waals surface area contributed by atoms with Gasteiger partial charge in [-0.3, -0.25) is 4.57 Å². The SMILES string of the molecule is O=P(O)(c1[c-]cccc1)c1ccccc1.[Pd]. The van der Waals surface area contributed by atoms with Crippen molar-refractivity contribution < 1.29 is 29.9 Å². The van der Waals surface area contributed by atoms with E-state index in [1.807, 2.05) is 6.07 Å². The van der Waals surface area contributed by atoms with Crippen LogP contribution in [0.4, 0.5) is 0 Å². The molecule has 0 aliphatic rings. The zero-order valence-corrected chi connectivity index (χ0v) is 10.8. The van der Waals surface area contributed by atoms with E-state index in [1.54, 1.807) is 48.5 Å². The van der Waals surface area contributed by atoms with Gasteiger partial charge in [-0.05, 0) is 12.1 Å². The average molecular weight is 324 g/mol. The minimum Gasteiger partial charge on any atom is -0.339 e. The van der Waals surface area contributed by atoms with Gasteiger partial charge in [0.2, 0.25) is 7.37 Å². The maximum Gasteiger partial charge on any atom is 0.235 e. The molecule has 0 aliphatic heterocycles. The van der Waals surface area contributed by atoms with Gasteiger partial charge < -0.3 is 4.89 Å². The Kier molecular flexibility index (Phi) is 4.65. The molecular formula is C12H10O2PPd-. The molecule has 1 atom stereocenters. The topological polar surface area (TPSA) is 37.3 Å². The van der Waals surface area contributed by atoms with Crippen LogP contribution in [0.3, 0.4) is 0 Å². The molecule has 2 aromatic carbocycles. The van der Waals surface area contributed by atoms with Crippen molar-refractivity contribution in [2.45, 2.75) is 0 Å². The molecule has 0 saturated heterocycles. The van der Waals surface area contributed by atoms with Gasteiger partial charge in [0.05, 0.1) is 0 Å². The summed E-state index contributed by atoms with van der Waals surface area (Å²) in [5.74, 6) is 0. The number of benzene rings is 2. The molecule has 1 N–H and O–H groups in total. The van der Waals surface area contributed by atoms with Gasteiger partial charge >= 0.3 is 0 Å². The Bertz CT molecular complexity index is 441. The smallest absolute Gasteiger partial charge is 0.235 e. The summed E-state index contributed by atoms with van der Waals surface area (Å²) >= 11 is 0. The summed E-state index contributed by atoms with van der Waals surface area (Å²) in [5.41, 5.74) is 0. The first-order chi connectivity index (χ1) is 7.21. The van der Waals surface area contributed by atoms with Crippen LogP contribution in [-0.2, 0) is 25.0 Å². The predicted molar refractivity (Wildman–Crippen MR) is 60.8 cm³/mol. The molecule has 0 aromatic heterocycles. The Morgan fingerprint density at radius 3 is 2.19 bits per heavy atom. The fraction of sp³-hybridized carbons (Fsp3) is 0. The fourth-order valence-electron chi connectivity index (χ4n) is 1.34. The van der Waals surface area contributed by atoms with Gasteiger partial charge in [-0.15, -0.1) is 0 Å². The largest absolute Gasteiger partial charge is 0.339 e. The second-order valence-corrected chi connectivity index (χ2v) is 5.31. The van der Waals surface area contributed by atoms with E-state index in [-0.39, 0.29) is 20.4 Å². The molecule has 0 radical (unpaired) electrons. The van der Waals surface area contributed by atoms with E-state index >= 15 is 0 Å².